The number of carbonyl (C=O) groups is 3. The fraction of sp³-hybridized carbons (Fsp3) is 0.406. The summed E-state index contributed by atoms with van der Waals surface area (Å²) in [5, 5.41) is 7.77. The van der Waals surface area contributed by atoms with E-state index in [1.807, 2.05) is 49.4 Å². The van der Waals surface area contributed by atoms with Gasteiger partial charge >= 0.3 is 0 Å². The highest BCUT2D eigenvalue weighted by Gasteiger charge is 2.42. The van der Waals surface area contributed by atoms with E-state index in [9.17, 15) is 23.2 Å². The highest BCUT2D eigenvalue weighted by molar-refractivity contribution is 5.94. The molecule has 0 aromatic heterocycles. The van der Waals surface area contributed by atoms with Crippen molar-refractivity contribution in [3.8, 4) is 0 Å². The molecule has 1 heterocycles. The smallest absolute Gasteiger partial charge is 0.246 e. The molecule has 3 atom stereocenters. The van der Waals surface area contributed by atoms with Gasteiger partial charge in [-0.05, 0) is 53.9 Å². The SMILES string of the molecule is CCCC1C(=O)N(C(Cc2ccc3ccccc3c2)C(=O)NCCF)CCN1C(=O)C(Cc1ccc(F)cc1)NC. The van der Waals surface area contributed by atoms with E-state index in [0.29, 0.717) is 19.3 Å². The van der Waals surface area contributed by atoms with Crippen LogP contribution in [0, 0.1) is 5.82 Å². The summed E-state index contributed by atoms with van der Waals surface area (Å²) >= 11 is 0. The third-order valence-corrected chi connectivity index (χ3v) is 7.69. The zero-order valence-corrected chi connectivity index (χ0v) is 23.6. The van der Waals surface area contributed by atoms with Gasteiger partial charge in [0, 0.05) is 26.1 Å². The lowest BCUT2D eigenvalue weighted by molar-refractivity contribution is -0.157. The van der Waals surface area contributed by atoms with E-state index in [1.54, 1.807) is 29.0 Å². The molecule has 7 nitrogen and oxygen atoms in total. The molecule has 3 aromatic carbocycles. The molecule has 0 bridgehead atoms. The largest absolute Gasteiger partial charge is 0.352 e. The number of piperazine rings is 1. The third kappa shape index (κ3) is 7.27. The molecule has 1 aliphatic rings. The van der Waals surface area contributed by atoms with Crippen molar-refractivity contribution in [2.45, 2.75) is 50.7 Å². The van der Waals surface area contributed by atoms with Crippen LogP contribution in [0.5, 0.6) is 0 Å². The zero-order valence-electron chi connectivity index (χ0n) is 23.6. The van der Waals surface area contributed by atoms with Crippen LogP contribution in [0.3, 0.4) is 0 Å². The molecule has 0 saturated carbocycles. The molecular weight excluding hydrogens is 526 g/mol. The van der Waals surface area contributed by atoms with Gasteiger partial charge in [-0.25, -0.2) is 8.78 Å². The number of carbonyl (C=O) groups excluding carboxylic acids is 3. The number of hydrogen-bond acceptors (Lipinski definition) is 4. The number of nitrogens with one attached hydrogen (secondary N) is 2. The Balaban J connectivity index is 1.57. The summed E-state index contributed by atoms with van der Waals surface area (Å²) in [6.07, 6.45) is 1.73. The monoisotopic (exact) mass is 564 g/mol. The van der Waals surface area contributed by atoms with Crippen LogP contribution in [0.15, 0.2) is 66.7 Å². The highest BCUT2D eigenvalue weighted by Crippen LogP contribution is 2.24. The zero-order chi connectivity index (χ0) is 29.4. The molecule has 218 valence electrons. The Kier molecular flexibility index (Phi) is 10.4. The van der Waals surface area contributed by atoms with Crippen LogP contribution in [-0.4, -0.2) is 79.0 Å². The first-order chi connectivity index (χ1) is 19.9. The summed E-state index contributed by atoms with van der Waals surface area (Å²) in [5.41, 5.74) is 1.69. The maximum absolute atomic E-state index is 14.0. The first-order valence-corrected chi connectivity index (χ1v) is 14.2. The quantitative estimate of drug-likeness (QED) is 0.352. The summed E-state index contributed by atoms with van der Waals surface area (Å²) in [4.78, 5) is 44.1. The number of hydrogen-bond donors (Lipinski definition) is 2. The molecule has 4 rings (SSSR count). The Morgan fingerprint density at radius 1 is 0.976 bits per heavy atom. The summed E-state index contributed by atoms with van der Waals surface area (Å²) < 4.78 is 26.3. The van der Waals surface area contributed by atoms with Gasteiger partial charge in [-0.2, -0.15) is 0 Å². The first kappa shape index (κ1) is 30.1. The van der Waals surface area contributed by atoms with Crippen molar-refractivity contribution in [1.29, 1.82) is 0 Å². The standard InChI is InChI=1S/C32H38F2N4O3/c1-3-6-28-32(41)38(18-17-37(28)31(40)27(35-2)20-22-10-13-26(34)14-11-22)29(30(39)36-16-15-33)21-23-9-12-24-7-4-5-8-25(24)19-23/h4-5,7-14,19,27-29,35H,3,6,15-18,20-21H2,1-2H3,(H,36,39). The summed E-state index contributed by atoms with van der Waals surface area (Å²) in [6, 6.07) is 17.7. The number of nitrogens with zero attached hydrogens (tertiary/aromatic N) is 2. The van der Waals surface area contributed by atoms with E-state index in [2.05, 4.69) is 10.6 Å². The number of fused-ring (bicyclic) bond motifs is 1. The minimum absolute atomic E-state index is 0.134. The second-order valence-corrected chi connectivity index (χ2v) is 10.4. The Hall–Kier alpha value is -3.85. The average Bonchev–Trinajstić information content (AvgIpc) is 2.99. The highest BCUT2D eigenvalue weighted by atomic mass is 19.1. The molecule has 0 spiro atoms. The van der Waals surface area contributed by atoms with Crippen LogP contribution in [0.4, 0.5) is 8.78 Å². The average molecular weight is 565 g/mol. The Labute approximate surface area is 239 Å². The van der Waals surface area contributed by atoms with Crippen LogP contribution in [-0.2, 0) is 27.2 Å². The van der Waals surface area contributed by atoms with Gasteiger partial charge in [-0.1, -0.05) is 67.9 Å². The van der Waals surface area contributed by atoms with Gasteiger partial charge in [0.05, 0.1) is 6.04 Å². The lowest BCUT2D eigenvalue weighted by atomic mass is 9.96. The predicted octanol–water partition coefficient (Wildman–Crippen LogP) is 3.65. The Morgan fingerprint density at radius 2 is 1.68 bits per heavy atom. The van der Waals surface area contributed by atoms with Gasteiger partial charge in [0.1, 0.15) is 24.6 Å². The van der Waals surface area contributed by atoms with Crippen molar-refractivity contribution in [1.82, 2.24) is 20.4 Å². The minimum Gasteiger partial charge on any atom is -0.352 e. The van der Waals surface area contributed by atoms with Crippen molar-refractivity contribution in [2.24, 2.45) is 0 Å². The molecule has 41 heavy (non-hydrogen) atoms. The minimum atomic E-state index is -0.842. The van der Waals surface area contributed by atoms with Gasteiger partial charge < -0.3 is 20.4 Å². The number of amides is 3. The van der Waals surface area contributed by atoms with Crippen LogP contribution in [0.2, 0.25) is 0 Å². The molecule has 9 heteroatoms. The van der Waals surface area contributed by atoms with E-state index in [-0.39, 0.29) is 43.7 Å². The number of likely N-dealkylation sites (N-methyl/N-ethyl adjacent to an activating group) is 1. The molecule has 3 amide bonds. The van der Waals surface area contributed by atoms with Crippen LogP contribution >= 0.6 is 0 Å². The lowest BCUT2D eigenvalue weighted by Gasteiger charge is -2.44. The molecule has 0 radical (unpaired) electrons. The topological polar surface area (TPSA) is 81.8 Å². The molecule has 1 fully saturated rings. The van der Waals surface area contributed by atoms with E-state index in [4.69, 9.17) is 0 Å². The lowest BCUT2D eigenvalue weighted by Crippen LogP contribution is -2.65. The predicted molar refractivity (Wildman–Crippen MR) is 155 cm³/mol. The molecule has 0 aliphatic carbocycles. The molecule has 1 aliphatic heterocycles. The van der Waals surface area contributed by atoms with Crippen LogP contribution in [0.25, 0.3) is 10.8 Å². The fourth-order valence-corrected chi connectivity index (χ4v) is 5.52. The number of benzene rings is 3. The summed E-state index contributed by atoms with van der Waals surface area (Å²) in [5.74, 6) is -1.26. The van der Waals surface area contributed by atoms with E-state index >= 15 is 0 Å². The van der Waals surface area contributed by atoms with Crippen molar-refractivity contribution in [2.75, 3.05) is 33.4 Å². The molecule has 2 N–H and O–H groups in total. The van der Waals surface area contributed by atoms with Gasteiger partial charge in [0.2, 0.25) is 17.7 Å². The molecular formula is C32H38F2N4O3. The number of halogens is 2. The molecule has 3 unspecified atom stereocenters. The normalized spacial score (nSPS) is 17.0. The van der Waals surface area contributed by atoms with Crippen molar-refractivity contribution in [3.63, 3.8) is 0 Å². The second-order valence-electron chi connectivity index (χ2n) is 10.4. The van der Waals surface area contributed by atoms with Crippen molar-refractivity contribution in [3.05, 3.63) is 83.7 Å². The Bertz CT molecular complexity index is 1350. The molecule has 1 saturated heterocycles. The summed E-state index contributed by atoms with van der Waals surface area (Å²) in [7, 11) is 1.69. The van der Waals surface area contributed by atoms with Crippen molar-refractivity contribution < 1.29 is 23.2 Å². The van der Waals surface area contributed by atoms with Gasteiger partial charge in [-0.15, -0.1) is 0 Å². The van der Waals surface area contributed by atoms with E-state index < -0.39 is 30.7 Å². The number of rotatable bonds is 12. The third-order valence-electron chi connectivity index (χ3n) is 7.69. The van der Waals surface area contributed by atoms with Crippen molar-refractivity contribution >= 4 is 28.5 Å². The van der Waals surface area contributed by atoms with Crippen LogP contribution in [0.1, 0.15) is 30.9 Å². The number of alkyl halides is 1. The van der Waals surface area contributed by atoms with Crippen LogP contribution < -0.4 is 10.6 Å². The second kappa shape index (κ2) is 14.2. The molecule has 3 aromatic rings. The Morgan fingerprint density at radius 3 is 2.37 bits per heavy atom. The van der Waals surface area contributed by atoms with E-state index in [0.717, 1.165) is 21.9 Å². The maximum atomic E-state index is 14.0. The van der Waals surface area contributed by atoms with E-state index in [1.165, 1.54) is 12.1 Å². The fourth-order valence-electron chi connectivity index (χ4n) is 5.52. The maximum Gasteiger partial charge on any atom is 0.246 e. The summed E-state index contributed by atoms with van der Waals surface area (Å²) in [6.45, 7) is 1.55. The first-order valence-electron chi connectivity index (χ1n) is 14.2. The van der Waals surface area contributed by atoms with Gasteiger partial charge in [0.25, 0.3) is 0 Å². The van der Waals surface area contributed by atoms with Gasteiger partial charge in [-0.3, -0.25) is 14.4 Å². The van der Waals surface area contributed by atoms with Gasteiger partial charge in [0.15, 0.2) is 0 Å².